The fourth-order valence-electron chi connectivity index (χ4n) is 1.69. The molecule has 1 fully saturated rings. The van der Waals surface area contributed by atoms with Crippen LogP contribution in [-0.2, 0) is 9.47 Å². The Hall–Kier alpha value is -0.850. The maximum atomic E-state index is 11.6. The Balaban J connectivity index is 2.40. The molecule has 1 saturated heterocycles. The average molecular weight is 378 g/mol. The van der Waals surface area contributed by atoms with E-state index in [0.717, 1.165) is 18.1 Å². The van der Waals surface area contributed by atoms with Gasteiger partial charge in [-0.1, -0.05) is 22.6 Å². The second-order valence-corrected chi connectivity index (χ2v) is 5.68. The highest BCUT2D eigenvalue weighted by atomic mass is 127. The van der Waals surface area contributed by atoms with Crippen LogP contribution < -0.4 is 4.90 Å². The van der Waals surface area contributed by atoms with Crippen molar-refractivity contribution in [3.63, 3.8) is 0 Å². The topological polar surface area (TPSA) is 43.1 Å². The van der Waals surface area contributed by atoms with Gasteiger partial charge < -0.3 is 14.4 Å². The summed E-state index contributed by atoms with van der Waals surface area (Å²) in [7, 11) is 1.35. The third-order valence-electron chi connectivity index (χ3n) is 2.59. The van der Waals surface area contributed by atoms with Crippen LogP contribution in [0.3, 0.4) is 0 Å². The number of rotatable bonds is 2. The number of carbonyl (C=O) groups excluding carboxylic acids is 1. The summed E-state index contributed by atoms with van der Waals surface area (Å²) in [6.07, 6.45) is 0. The van der Waals surface area contributed by atoms with E-state index in [1.54, 1.807) is 0 Å². The first-order chi connectivity index (χ1) is 8.69. The third kappa shape index (κ3) is 2.46. The summed E-state index contributed by atoms with van der Waals surface area (Å²) in [5.74, 6) is -0.381. The summed E-state index contributed by atoms with van der Waals surface area (Å²) in [6, 6.07) is 0. The number of methoxy groups -OCH3 is 1. The lowest BCUT2D eigenvalue weighted by Crippen LogP contribution is -2.35. The molecule has 0 spiro atoms. The summed E-state index contributed by atoms with van der Waals surface area (Å²) in [5, 5.41) is 0.845. The van der Waals surface area contributed by atoms with Gasteiger partial charge in [-0.05, 0) is 0 Å². The van der Waals surface area contributed by atoms with Crippen LogP contribution in [0.2, 0.25) is 0 Å². The fourth-order valence-corrected chi connectivity index (χ4v) is 3.90. The van der Waals surface area contributed by atoms with Crippen LogP contribution in [0.15, 0.2) is 0 Å². The number of morpholine rings is 1. The van der Waals surface area contributed by atoms with E-state index in [0.29, 0.717) is 27.3 Å². The van der Waals surface area contributed by atoms with Gasteiger partial charge in [-0.15, -0.1) is 11.3 Å². The van der Waals surface area contributed by atoms with Gasteiger partial charge in [0.2, 0.25) is 5.69 Å². The number of carbonyl (C=O) groups is 1. The minimum Gasteiger partial charge on any atom is -0.465 e. The number of esters is 1. The quantitative estimate of drug-likeness (QED) is 0.451. The van der Waals surface area contributed by atoms with Gasteiger partial charge in [-0.3, -0.25) is 0 Å². The number of hydrogen-bond acceptors (Lipinski definition) is 5. The van der Waals surface area contributed by atoms with Crippen molar-refractivity contribution in [1.82, 2.24) is 0 Å². The Labute approximate surface area is 123 Å². The Morgan fingerprint density at radius 2 is 2.22 bits per heavy atom. The molecule has 1 aliphatic heterocycles. The Morgan fingerprint density at radius 1 is 1.56 bits per heavy atom. The van der Waals surface area contributed by atoms with Crippen LogP contribution in [0.4, 0.5) is 10.7 Å². The van der Waals surface area contributed by atoms with Crippen molar-refractivity contribution in [3.8, 4) is 0 Å². The lowest BCUT2D eigenvalue weighted by molar-refractivity contribution is 0.0605. The monoisotopic (exact) mass is 378 g/mol. The predicted octanol–water partition coefficient (Wildman–Crippen LogP) is 2.53. The average Bonchev–Trinajstić information content (AvgIpc) is 2.76. The van der Waals surface area contributed by atoms with Gasteiger partial charge in [0.25, 0.3) is 0 Å². The van der Waals surface area contributed by atoms with Gasteiger partial charge in [0.15, 0.2) is 0 Å². The first kappa shape index (κ1) is 13.6. The zero-order chi connectivity index (χ0) is 13.1. The van der Waals surface area contributed by atoms with E-state index >= 15 is 0 Å². The van der Waals surface area contributed by atoms with E-state index in [1.165, 1.54) is 18.4 Å². The number of ether oxygens (including phenoxy) is 2. The van der Waals surface area contributed by atoms with Gasteiger partial charge >= 0.3 is 5.97 Å². The molecule has 0 aromatic carbocycles. The number of halogens is 1. The third-order valence-corrected chi connectivity index (χ3v) is 5.23. The highest BCUT2D eigenvalue weighted by Gasteiger charge is 2.26. The molecule has 5 nitrogen and oxygen atoms in total. The van der Waals surface area contributed by atoms with Crippen LogP contribution in [0.5, 0.6) is 0 Å². The maximum absolute atomic E-state index is 11.6. The number of hydrogen-bond donors (Lipinski definition) is 0. The molecule has 0 atom stereocenters. The van der Waals surface area contributed by atoms with E-state index < -0.39 is 0 Å². The molecule has 7 heteroatoms. The molecule has 1 aliphatic rings. The highest BCUT2D eigenvalue weighted by Crippen LogP contribution is 2.44. The molecule has 18 heavy (non-hydrogen) atoms. The summed E-state index contributed by atoms with van der Waals surface area (Å²) in [4.78, 5) is 17.8. The zero-order valence-electron chi connectivity index (χ0n) is 9.73. The smallest absolute Gasteiger partial charge is 0.347 e. The second kappa shape index (κ2) is 5.86. The molecule has 0 N–H and O–H groups in total. The largest absolute Gasteiger partial charge is 0.465 e. The van der Waals surface area contributed by atoms with Gasteiger partial charge in [-0.25, -0.2) is 9.64 Å². The van der Waals surface area contributed by atoms with Gasteiger partial charge in [0.1, 0.15) is 4.88 Å². The first-order valence-electron chi connectivity index (χ1n) is 5.29. The van der Waals surface area contributed by atoms with Crippen LogP contribution in [0, 0.1) is 10.1 Å². The maximum Gasteiger partial charge on any atom is 0.347 e. The van der Waals surface area contributed by atoms with Crippen LogP contribution in [0.1, 0.15) is 9.67 Å². The SMILES string of the molecule is [C-]#[N+]c1c(N2CCOCC2)sc(C(=O)OC)c1I. The van der Waals surface area contributed by atoms with Crippen molar-refractivity contribution >= 4 is 50.6 Å². The molecule has 2 heterocycles. The number of anilines is 1. The van der Waals surface area contributed by atoms with Crippen molar-refractivity contribution in [1.29, 1.82) is 0 Å². The molecular weight excluding hydrogens is 367 g/mol. The molecule has 96 valence electrons. The van der Waals surface area contributed by atoms with Gasteiger partial charge in [0.05, 0.1) is 31.9 Å². The Morgan fingerprint density at radius 3 is 2.78 bits per heavy atom. The minimum atomic E-state index is -0.381. The minimum absolute atomic E-state index is 0.381. The van der Waals surface area contributed by atoms with E-state index in [9.17, 15) is 4.79 Å². The van der Waals surface area contributed by atoms with Crippen molar-refractivity contribution in [3.05, 3.63) is 19.9 Å². The lowest BCUT2D eigenvalue weighted by atomic mass is 10.3. The highest BCUT2D eigenvalue weighted by molar-refractivity contribution is 14.1. The summed E-state index contributed by atoms with van der Waals surface area (Å²) in [5.41, 5.74) is 0.544. The van der Waals surface area contributed by atoms with Crippen molar-refractivity contribution < 1.29 is 14.3 Å². The van der Waals surface area contributed by atoms with E-state index in [2.05, 4.69) is 9.74 Å². The zero-order valence-corrected chi connectivity index (χ0v) is 12.7. The van der Waals surface area contributed by atoms with Crippen LogP contribution >= 0.6 is 33.9 Å². The molecule has 0 saturated carbocycles. The van der Waals surface area contributed by atoms with E-state index in [4.69, 9.17) is 16.0 Å². The number of thiophene rings is 1. The van der Waals surface area contributed by atoms with Crippen molar-refractivity contribution in [2.24, 2.45) is 0 Å². The molecule has 0 unspecified atom stereocenters. The second-order valence-electron chi connectivity index (χ2n) is 3.60. The van der Waals surface area contributed by atoms with E-state index in [1.807, 2.05) is 22.6 Å². The molecule has 2 rings (SSSR count). The Kier molecular flexibility index (Phi) is 4.42. The van der Waals surface area contributed by atoms with Crippen LogP contribution in [-0.4, -0.2) is 39.4 Å². The fraction of sp³-hybridized carbons (Fsp3) is 0.455. The van der Waals surface area contributed by atoms with E-state index in [-0.39, 0.29) is 5.97 Å². The number of nitrogens with zero attached hydrogens (tertiary/aromatic N) is 2. The van der Waals surface area contributed by atoms with Crippen molar-refractivity contribution in [2.75, 3.05) is 38.3 Å². The van der Waals surface area contributed by atoms with Gasteiger partial charge in [0, 0.05) is 16.7 Å². The molecular formula is C11H11IN2O3S. The summed E-state index contributed by atoms with van der Waals surface area (Å²) < 4.78 is 10.7. The summed E-state index contributed by atoms with van der Waals surface area (Å²) >= 11 is 3.36. The molecule has 0 bridgehead atoms. The van der Waals surface area contributed by atoms with Crippen molar-refractivity contribution in [2.45, 2.75) is 0 Å². The van der Waals surface area contributed by atoms with Crippen LogP contribution in [0.25, 0.3) is 4.85 Å². The summed E-state index contributed by atoms with van der Waals surface area (Å²) in [6.45, 7) is 10.1. The molecule has 0 amide bonds. The molecule has 1 aromatic rings. The normalized spacial score (nSPS) is 15.3. The standard InChI is InChI=1S/C11H11IN2O3S/c1-13-8-7(12)9(11(15)16-2)18-10(8)14-3-5-17-6-4-14/h3-6H2,2H3. The first-order valence-corrected chi connectivity index (χ1v) is 7.19. The Bertz CT molecular complexity index is 503. The molecule has 0 radical (unpaired) electrons. The molecule has 0 aliphatic carbocycles. The predicted molar refractivity (Wildman–Crippen MR) is 77.7 cm³/mol. The molecule has 1 aromatic heterocycles. The lowest BCUT2D eigenvalue weighted by Gasteiger charge is -2.27. The van der Waals surface area contributed by atoms with Gasteiger partial charge in [-0.2, -0.15) is 0 Å².